The van der Waals surface area contributed by atoms with Gasteiger partial charge in [0.15, 0.2) is 0 Å². The van der Waals surface area contributed by atoms with Gasteiger partial charge in [0.2, 0.25) is 17.6 Å². The number of carbonyl (C=O) groups is 1. The minimum absolute atomic E-state index is 0. The SMILES string of the molecule is CNCCC(=O)NC(C)c1nc(-c2cccc(F)c2)no1.Cl. The van der Waals surface area contributed by atoms with E-state index in [1.165, 1.54) is 12.1 Å². The van der Waals surface area contributed by atoms with Crippen LogP contribution in [-0.4, -0.2) is 29.6 Å². The standard InChI is InChI=1S/C14H17FN4O2.ClH/c1-9(17-12(20)6-7-16-2)14-18-13(19-21-14)10-4-3-5-11(15)8-10;/h3-5,8-9,16H,6-7H2,1-2H3,(H,17,20);1H. The number of halogens is 2. The van der Waals surface area contributed by atoms with Crippen LogP contribution in [0.15, 0.2) is 28.8 Å². The van der Waals surface area contributed by atoms with E-state index in [1.54, 1.807) is 26.1 Å². The molecule has 0 aliphatic rings. The largest absolute Gasteiger partial charge is 0.345 e. The van der Waals surface area contributed by atoms with Crippen molar-refractivity contribution in [2.45, 2.75) is 19.4 Å². The average Bonchev–Trinajstić information content (AvgIpc) is 2.95. The highest BCUT2D eigenvalue weighted by molar-refractivity contribution is 5.85. The summed E-state index contributed by atoms with van der Waals surface area (Å²) in [4.78, 5) is 15.8. The molecule has 120 valence electrons. The van der Waals surface area contributed by atoms with E-state index in [9.17, 15) is 9.18 Å². The first-order chi connectivity index (χ1) is 10.1. The second kappa shape index (κ2) is 8.45. The van der Waals surface area contributed by atoms with E-state index >= 15 is 0 Å². The van der Waals surface area contributed by atoms with Crippen molar-refractivity contribution in [2.75, 3.05) is 13.6 Å². The van der Waals surface area contributed by atoms with Gasteiger partial charge in [0.1, 0.15) is 11.9 Å². The summed E-state index contributed by atoms with van der Waals surface area (Å²) < 4.78 is 18.3. The number of amides is 1. The van der Waals surface area contributed by atoms with Crippen LogP contribution in [0.3, 0.4) is 0 Å². The molecule has 2 aromatic rings. The number of nitrogens with one attached hydrogen (secondary N) is 2. The van der Waals surface area contributed by atoms with E-state index in [-0.39, 0.29) is 30.0 Å². The molecule has 1 atom stereocenters. The number of rotatable bonds is 6. The molecular formula is C14H18ClFN4O2. The maximum Gasteiger partial charge on any atom is 0.249 e. The molecule has 22 heavy (non-hydrogen) atoms. The predicted molar refractivity (Wildman–Crippen MR) is 82.0 cm³/mol. The third kappa shape index (κ3) is 4.78. The zero-order valence-electron chi connectivity index (χ0n) is 12.3. The Bertz CT molecular complexity index is 620. The molecule has 0 aliphatic carbocycles. The topological polar surface area (TPSA) is 80.0 Å². The number of aromatic nitrogens is 2. The first-order valence-electron chi connectivity index (χ1n) is 6.63. The fourth-order valence-electron chi connectivity index (χ4n) is 1.77. The predicted octanol–water partition coefficient (Wildman–Crippen LogP) is 2.08. The zero-order valence-corrected chi connectivity index (χ0v) is 13.1. The van der Waals surface area contributed by atoms with Crippen LogP contribution in [0.5, 0.6) is 0 Å². The molecule has 0 radical (unpaired) electrons. The van der Waals surface area contributed by atoms with Gasteiger partial charge in [-0.1, -0.05) is 17.3 Å². The number of hydrogen-bond donors (Lipinski definition) is 2. The van der Waals surface area contributed by atoms with Crippen LogP contribution in [0, 0.1) is 5.82 Å². The fraction of sp³-hybridized carbons (Fsp3) is 0.357. The quantitative estimate of drug-likeness (QED) is 0.848. The molecule has 0 saturated heterocycles. The highest BCUT2D eigenvalue weighted by Gasteiger charge is 2.17. The van der Waals surface area contributed by atoms with Crippen molar-refractivity contribution in [3.05, 3.63) is 36.0 Å². The second-order valence-electron chi connectivity index (χ2n) is 4.61. The molecule has 0 saturated carbocycles. The lowest BCUT2D eigenvalue weighted by molar-refractivity contribution is -0.121. The van der Waals surface area contributed by atoms with Gasteiger partial charge in [-0.3, -0.25) is 4.79 Å². The first kappa shape index (κ1) is 18.1. The molecule has 1 aromatic carbocycles. The van der Waals surface area contributed by atoms with E-state index < -0.39 is 6.04 Å². The van der Waals surface area contributed by atoms with Gasteiger partial charge in [-0.2, -0.15) is 4.98 Å². The number of hydrogen-bond acceptors (Lipinski definition) is 5. The Morgan fingerprint density at radius 3 is 2.91 bits per heavy atom. The van der Waals surface area contributed by atoms with Crippen LogP contribution in [0.1, 0.15) is 25.3 Å². The van der Waals surface area contributed by atoms with Crippen molar-refractivity contribution >= 4 is 18.3 Å². The molecule has 1 unspecified atom stereocenters. The summed E-state index contributed by atoms with van der Waals surface area (Å²) in [6.45, 7) is 2.34. The van der Waals surface area contributed by atoms with Crippen molar-refractivity contribution in [1.82, 2.24) is 20.8 Å². The van der Waals surface area contributed by atoms with Crippen LogP contribution >= 0.6 is 12.4 Å². The molecular weight excluding hydrogens is 311 g/mol. The molecule has 2 rings (SSSR count). The van der Waals surface area contributed by atoms with Gasteiger partial charge in [0.25, 0.3) is 0 Å². The Hall–Kier alpha value is -1.99. The van der Waals surface area contributed by atoms with E-state index in [0.29, 0.717) is 24.4 Å². The summed E-state index contributed by atoms with van der Waals surface area (Å²) in [6.07, 6.45) is 0.367. The third-order valence-electron chi connectivity index (χ3n) is 2.87. The van der Waals surface area contributed by atoms with Crippen molar-refractivity contribution < 1.29 is 13.7 Å². The summed E-state index contributed by atoms with van der Waals surface area (Å²) in [5.41, 5.74) is 0.527. The normalized spacial score (nSPS) is 11.6. The van der Waals surface area contributed by atoms with Crippen LogP contribution in [0.4, 0.5) is 4.39 Å². The summed E-state index contributed by atoms with van der Waals surface area (Å²) >= 11 is 0. The van der Waals surface area contributed by atoms with Gasteiger partial charge in [-0.05, 0) is 26.1 Å². The van der Waals surface area contributed by atoms with Crippen molar-refractivity contribution in [1.29, 1.82) is 0 Å². The van der Waals surface area contributed by atoms with Gasteiger partial charge >= 0.3 is 0 Å². The van der Waals surface area contributed by atoms with E-state index in [4.69, 9.17) is 4.52 Å². The van der Waals surface area contributed by atoms with Gasteiger partial charge < -0.3 is 15.2 Å². The Kier molecular flexibility index (Phi) is 6.94. The summed E-state index contributed by atoms with van der Waals surface area (Å²) in [7, 11) is 1.78. The first-order valence-corrected chi connectivity index (χ1v) is 6.63. The molecule has 0 spiro atoms. The Balaban J connectivity index is 0.00000242. The van der Waals surface area contributed by atoms with Crippen LogP contribution < -0.4 is 10.6 Å². The van der Waals surface area contributed by atoms with Gasteiger partial charge in [0.05, 0.1) is 0 Å². The van der Waals surface area contributed by atoms with Gasteiger partial charge in [0, 0.05) is 18.5 Å². The fourth-order valence-corrected chi connectivity index (χ4v) is 1.77. The van der Waals surface area contributed by atoms with Crippen LogP contribution in [-0.2, 0) is 4.79 Å². The van der Waals surface area contributed by atoms with Crippen molar-refractivity contribution in [3.8, 4) is 11.4 Å². The minimum Gasteiger partial charge on any atom is -0.345 e. The molecule has 6 nitrogen and oxygen atoms in total. The third-order valence-corrected chi connectivity index (χ3v) is 2.87. The molecule has 0 fully saturated rings. The zero-order chi connectivity index (χ0) is 15.2. The summed E-state index contributed by atoms with van der Waals surface area (Å²) in [5.74, 6) is 0.0996. The average molecular weight is 329 g/mol. The maximum atomic E-state index is 13.2. The highest BCUT2D eigenvalue weighted by atomic mass is 35.5. The molecule has 0 bridgehead atoms. The minimum atomic E-state index is -0.399. The van der Waals surface area contributed by atoms with E-state index in [2.05, 4.69) is 20.8 Å². The molecule has 1 amide bonds. The molecule has 1 heterocycles. The van der Waals surface area contributed by atoms with E-state index in [1.807, 2.05) is 0 Å². The molecule has 8 heteroatoms. The van der Waals surface area contributed by atoms with Crippen molar-refractivity contribution in [2.24, 2.45) is 0 Å². The number of carbonyl (C=O) groups excluding carboxylic acids is 1. The lowest BCUT2D eigenvalue weighted by Crippen LogP contribution is -2.29. The summed E-state index contributed by atoms with van der Waals surface area (Å²) in [5, 5.41) is 9.45. The maximum absolute atomic E-state index is 13.2. The Labute approximate surface area is 133 Å². The number of nitrogens with zero attached hydrogens (tertiary/aromatic N) is 2. The van der Waals surface area contributed by atoms with E-state index in [0.717, 1.165) is 0 Å². The van der Waals surface area contributed by atoms with Gasteiger partial charge in [-0.25, -0.2) is 4.39 Å². The van der Waals surface area contributed by atoms with Crippen LogP contribution in [0.2, 0.25) is 0 Å². The Morgan fingerprint density at radius 2 is 2.23 bits per heavy atom. The monoisotopic (exact) mass is 328 g/mol. The summed E-state index contributed by atoms with van der Waals surface area (Å²) in [6, 6.07) is 5.53. The molecule has 2 N–H and O–H groups in total. The Morgan fingerprint density at radius 1 is 1.45 bits per heavy atom. The second-order valence-corrected chi connectivity index (χ2v) is 4.61. The lowest BCUT2D eigenvalue weighted by Gasteiger charge is -2.09. The van der Waals surface area contributed by atoms with Crippen LogP contribution in [0.25, 0.3) is 11.4 Å². The smallest absolute Gasteiger partial charge is 0.249 e. The molecule has 0 aliphatic heterocycles. The molecule has 1 aromatic heterocycles. The highest BCUT2D eigenvalue weighted by Crippen LogP contribution is 2.19. The van der Waals surface area contributed by atoms with Crippen molar-refractivity contribution in [3.63, 3.8) is 0 Å². The van der Waals surface area contributed by atoms with Gasteiger partial charge in [-0.15, -0.1) is 12.4 Å². The number of benzene rings is 1. The lowest BCUT2D eigenvalue weighted by atomic mass is 10.2.